The lowest BCUT2D eigenvalue weighted by atomic mass is 9.92. The van der Waals surface area contributed by atoms with Crippen molar-refractivity contribution in [2.75, 3.05) is 6.54 Å². The second kappa shape index (κ2) is 6.36. The standard InChI is InChI=1S/C14H20N2O4/c1-10-5-7-16(11(17)8-10)9-14(2,3)13(20)15-6-4-12(18)19/h5,7-8H,4,6,9H2,1-3H3,(H,15,20)(H,18,19). The van der Waals surface area contributed by atoms with Crippen molar-refractivity contribution in [2.24, 2.45) is 5.41 Å². The number of carboxylic acids is 1. The predicted octanol–water partition coefficient (Wildman–Crippen LogP) is 0.774. The summed E-state index contributed by atoms with van der Waals surface area (Å²) in [5, 5.41) is 11.1. The summed E-state index contributed by atoms with van der Waals surface area (Å²) in [6, 6.07) is 3.32. The van der Waals surface area contributed by atoms with Crippen molar-refractivity contribution in [2.45, 2.75) is 33.7 Å². The second-order valence-electron chi connectivity index (χ2n) is 5.45. The van der Waals surface area contributed by atoms with E-state index in [4.69, 9.17) is 5.11 Å². The topological polar surface area (TPSA) is 88.4 Å². The number of rotatable bonds is 6. The number of nitrogens with zero attached hydrogens (tertiary/aromatic N) is 1. The highest BCUT2D eigenvalue weighted by Gasteiger charge is 2.28. The lowest BCUT2D eigenvalue weighted by Crippen LogP contribution is -2.42. The van der Waals surface area contributed by atoms with Gasteiger partial charge in [-0.3, -0.25) is 14.4 Å². The van der Waals surface area contributed by atoms with E-state index in [0.717, 1.165) is 5.56 Å². The summed E-state index contributed by atoms with van der Waals surface area (Å²) in [5.74, 6) is -1.23. The first kappa shape index (κ1) is 15.9. The van der Waals surface area contributed by atoms with Crippen LogP contribution < -0.4 is 10.9 Å². The largest absolute Gasteiger partial charge is 0.481 e. The number of aromatic nitrogens is 1. The Morgan fingerprint density at radius 3 is 2.60 bits per heavy atom. The van der Waals surface area contributed by atoms with Crippen LogP contribution in [0.2, 0.25) is 0 Å². The van der Waals surface area contributed by atoms with Gasteiger partial charge in [-0.1, -0.05) is 0 Å². The molecule has 1 aromatic rings. The minimum absolute atomic E-state index is 0.0837. The molecule has 6 nitrogen and oxygen atoms in total. The summed E-state index contributed by atoms with van der Waals surface area (Å²) in [4.78, 5) is 34.2. The van der Waals surface area contributed by atoms with E-state index in [1.165, 1.54) is 10.6 Å². The quantitative estimate of drug-likeness (QED) is 0.805. The molecule has 0 saturated carbocycles. The summed E-state index contributed by atoms with van der Waals surface area (Å²) in [5.41, 5.74) is -0.0798. The monoisotopic (exact) mass is 280 g/mol. The molecule has 0 radical (unpaired) electrons. The third-order valence-electron chi connectivity index (χ3n) is 2.96. The third-order valence-corrected chi connectivity index (χ3v) is 2.96. The van der Waals surface area contributed by atoms with Gasteiger partial charge in [0, 0.05) is 25.4 Å². The van der Waals surface area contributed by atoms with E-state index < -0.39 is 11.4 Å². The van der Waals surface area contributed by atoms with Crippen LogP contribution in [0.15, 0.2) is 23.1 Å². The van der Waals surface area contributed by atoms with Crippen LogP contribution in [0, 0.1) is 12.3 Å². The molecule has 0 bridgehead atoms. The highest BCUT2D eigenvalue weighted by Crippen LogP contribution is 2.17. The van der Waals surface area contributed by atoms with E-state index in [2.05, 4.69) is 5.32 Å². The first-order valence-electron chi connectivity index (χ1n) is 6.39. The van der Waals surface area contributed by atoms with E-state index in [1.54, 1.807) is 26.1 Å². The van der Waals surface area contributed by atoms with Gasteiger partial charge in [-0.05, 0) is 32.4 Å². The van der Waals surface area contributed by atoms with Crippen molar-refractivity contribution in [3.8, 4) is 0 Å². The molecule has 0 spiro atoms. The summed E-state index contributed by atoms with van der Waals surface area (Å²) >= 11 is 0. The first-order chi connectivity index (χ1) is 9.22. The molecule has 110 valence electrons. The van der Waals surface area contributed by atoms with Crippen molar-refractivity contribution in [3.05, 3.63) is 34.2 Å². The van der Waals surface area contributed by atoms with Gasteiger partial charge in [0.2, 0.25) is 5.91 Å². The van der Waals surface area contributed by atoms with Gasteiger partial charge in [-0.15, -0.1) is 0 Å². The number of carboxylic acid groups (broad SMARTS) is 1. The van der Waals surface area contributed by atoms with Crippen molar-refractivity contribution in [3.63, 3.8) is 0 Å². The molecule has 0 unspecified atom stereocenters. The highest BCUT2D eigenvalue weighted by molar-refractivity contribution is 5.82. The van der Waals surface area contributed by atoms with Crippen molar-refractivity contribution in [1.29, 1.82) is 0 Å². The van der Waals surface area contributed by atoms with Gasteiger partial charge < -0.3 is 15.0 Å². The molecule has 0 atom stereocenters. The Labute approximate surface area is 117 Å². The molecular weight excluding hydrogens is 260 g/mol. The fraction of sp³-hybridized carbons (Fsp3) is 0.500. The number of amides is 1. The van der Waals surface area contributed by atoms with Gasteiger partial charge in [-0.2, -0.15) is 0 Å². The number of aliphatic carboxylic acids is 1. The Balaban J connectivity index is 2.70. The maximum atomic E-state index is 12.0. The van der Waals surface area contributed by atoms with E-state index in [1.807, 2.05) is 6.92 Å². The van der Waals surface area contributed by atoms with Gasteiger partial charge in [-0.25, -0.2) is 0 Å². The lowest BCUT2D eigenvalue weighted by molar-refractivity contribution is -0.137. The maximum Gasteiger partial charge on any atom is 0.305 e. The van der Waals surface area contributed by atoms with E-state index in [9.17, 15) is 14.4 Å². The number of carbonyl (C=O) groups excluding carboxylic acids is 1. The number of carbonyl (C=O) groups is 2. The molecule has 0 aromatic carbocycles. The van der Waals surface area contributed by atoms with Crippen molar-refractivity contribution >= 4 is 11.9 Å². The normalized spacial score (nSPS) is 11.2. The molecule has 6 heteroatoms. The van der Waals surface area contributed by atoms with Crippen molar-refractivity contribution in [1.82, 2.24) is 9.88 Å². The van der Waals surface area contributed by atoms with Gasteiger partial charge in [0.05, 0.1) is 11.8 Å². The van der Waals surface area contributed by atoms with Crippen LogP contribution in [-0.2, 0) is 16.1 Å². The van der Waals surface area contributed by atoms with Crippen LogP contribution in [0.1, 0.15) is 25.8 Å². The van der Waals surface area contributed by atoms with Crippen LogP contribution in [0.3, 0.4) is 0 Å². The van der Waals surface area contributed by atoms with Gasteiger partial charge in [0.25, 0.3) is 5.56 Å². The molecule has 20 heavy (non-hydrogen) atoms. The Kier molecular flexibility index (Phi) is 5.07. The number of nitrogens with one attached hydrogen (secondary N) is 1. The summed E-state index contributed by atoms with van der Waals surface area (Å²) in [7, 11) is 0. The molecule has 1 rings (SSSR count). The lowest BCUT2D eigenvalue weighted by Gasteiger charge is -2.24. The van der Waals surface area contributed by atoms with Gasteiger partial charge in [0.1, 0.15) is 0 Å². The Morgan fingerprint density at radius 2 is 2.05 bits per heavy atom. The minimum Gasteiger partial charge on any atom is -0.481 e. The Hall–Kier alpha value is -2.11. The average molecular weight is 280 g/mol. The van der Waals surface area contributed by atoms with Crippen LogP contribution in [0.25, 0.3) is 0 Å². The zero-order chi connectivity index (χ0) is 15.3. The molecule has 0 aliphatic carbocycles. The van der Waals surface area contributed by atoms with E-state index >= 15 is 0 Å². The molecule has 0 saturated heterocycles. The average Bonchev–Trinajstić information content (AvgIpc) is 2.32. The molecule has 1 heterocycles. The maximum absolute atomic E-state index is 12.0. The van der Waals surface area contributed by atoms with Crippen LogP contribution in [0.4, 0.5) is 0 Å². The van der Waals surface area contributed by atoms with E-state index in [0.29, 0.717) is 0 Å². The highest BCUT2D eigenvalue weighted by atomic mass is 16.4. The fourth-order valence-corrected chi connectivity index (χ4v) is 1.76. The summed E-state index contributed by atoms with van der Waals surface area (Å²) in [6.45, 7) is 5.59. The molecule has 0 fully saturated rings. The third kappa shape index (κ3) is 4.53. The number of hydrogen-bond donors (Lipinski definition) is 2. The van der Waals surface area contributed by atoms with Crippen LogP contribution in [-0.4, -0.2) is 28.1 Å². The number of hydrogen-bond acceptors (Lipinski definition) is 3. The second-order valence-corrected chi connectivity index (χ2v) is 5.45. The summed E-state index contributed by atoms with van der Waals surface area (Å²) in [6.07, 6.45) is 1.54. The minimum atomic E-state index is -0.960. The zero-order valence-corrected chi connectivity index (χ0v) is 12.0. The van der Waals surface area contributed by atoms with Gasteiger partial charge >= 0.3 is 5.97 Å². The first-order valence-corrected chi connectivity index (χ1v) is 6.39. The molecule has 0 aliphatic rings. The zero-order valence-electron chi connectivity index (χ0n) is 12.0. The number of aryl methyl sites for hydroxylation is 1. The Morgan fingerprint density at radius 1 is 1.40 bits per heavy atom. The summed E-state index contributed by atoms with van der Waals surface area (Å²) < 4.78 is 1.48. The van der Waals surface area contributed by atoms with Crippen molar-refractivity contribution < 1.29 is 14.7 Å². The molecular formula is C14H20N2O4. The molecule has 1 amide bonds. The molecule has 1 aromatic heterocycles. The van der Waals surface area contributed by atoms with Crippen LogP contribution >= 0.6 is 0 Å². The predicted molar refractivity (Wildman–Crippen MR) is 74.5 cm³/mol. The molecule has 2 N–H and O–H groups in total. The Bertz CT molecular complexity index is 561. The number of pyridine rings is 1. The molecule has 0 aliphatic heterocycles. The fourth-order valence-electron chi connectivity index (χ4n) is 1.76. The van der Waals surface area contributed by atoms with E-state index in [-0.39, 0.29) is 31.0 Å². The smallest absolute Gasteiger partial charge is 0.305 e. The van der Waals surface area contributed by atoms with Gasteiger partial charge in [0.15, 0.2) is 0 Å². The van der Waals surface area contributed by atoms with Crippen LogP contribution in [0.5, 0.6) is 0 Å². The SMILES string of the molecule is Cc1ccn(CC(C)(C)C(=O)NCCC(=O)O)c(=O)c1.